The van der Waals surface area contributed by atoms with Gasteiger partial charge in [-0.3, -0.25) is 4.79 Å². The number of carbonyl (C=O) groups excluding carboxylic acids is 1. The van der Waals surface area contributed by atoms with Crippen LogP contribution in [-0.4, -0.2) is 15.3 Å². The van der Waals surface area contributed by atoms with Gasteiger partial charge in [0.25, 0.3) is 5.22 Å². The second-order valence-corrected chi connectivity index (χ2v) is 6.55. The van der Waals surface area contributed by atoms with E-state index in [-0.39, 0.29) is 10.3 Å². The molecule has 22 heavy (non-hydrogen) atoms. The summed E-state index contributed by atoms with van der Waals surface area (Å²) in [6.45, 7) is 0. The van der Waals surface area contributed by atoms with E-state index in [9.17, 15) is 4.79 Å². The number of hydrogen-bond acceptors (Lipinski definition) is 5. The van der Waals surface area contributed by atoms with E-state index in [1.165, 1.54) is 0 Å². The van der Waals surface area contributed by atoms with Gasteiger partial charge in [-0.1, -0.05) is 27.5 Å². The van der Waals surface area contributed by atoms with E-state index in [0.717, 1.165) is 21.8 Å². The maximum atomic E-state index is 12.1. The van der Waals surface area contributed by atoms with Crippen LogP contribution in [0, 0.1) is 0 Å². The van der Waals surface area contributed by atoms with Gasteiger partial charge >= 0.3 is 0 Å². The van der Waals surface area contributed by atoms with Crippen molar-refractivity contribution in [2.45, 2.75) is 5.22 Å². The summed E-state index contributed by atoms with van der Waals surface area (Å²) in [5, 5.41) is 8.45. The Labute approximate surface area is 144 Å². The van der Waals surface area contributed by atoms with E-state index < -0.39 is 0 Å². The summed E-state index contributed by atoms with van der Waals surface area (Å²) in [5.41, 5.74) is 1.32. The van der Waals surface area contributed by atoms with Crippen LogP contribution >= 0.6 is 39.3 Å². The Morgan fingerprint density at radius 2 is 1.73 bits per heavy atom. The van der Waals surface area contributed by atoms with E-state index in [0.29, 0.717) is 16.5 Å². The van der Waals surface area contributed by atoms with E-state index in [2.05, 4.69) is 26.1 Å². The normalized spacial score (nSPS) is 10.6. The number of rotatable bonds is 3. The molecule has 4 nitrogen and oxygen atoms in total. The van der Waals surface area contributed by atoms with Crippen LogP contribution in [0.15, 0.2) is 62.6 Å². The molecule has 3 aromatic rings. The third-order valence-corrected chi connectivity index (χ3v) is 4.30. The summed E-state index contributed by atoms with van der Waals surface area (Å²) in [4.78, 5) is 12.1. The number of carbonyl (C=O) groups is 1. The maximum Gasteiger partial charge on any atom is 0.284 e. The van der Waals surface area contributed by atoms with Gasteiger partial charge in [0, 0.05) is 32.4 Å². The van der Waals surface area contributed by atoms with Crippen LogP contribution in [0.1, 0.15) is 10.4 Å². The Bertz CT molecular complexity index is 803. The fourth-order valence-electron chi connectivity index (χ4n) is 1.68. The van der Waals surface area contributed by atoms with Gasteiger partial charge in [-0.15, -0.1) is 10.2 Å². The predicted molar refractivity (Wildman–Crippen MR) is 89.1 cm³/mol. The summed E-state index contributed by atoms with van der Waals surface area (Å²) in [6.07, 6.45) is 0. The van der Waals surface area contributed by atoms with E-state index in [1.807, 2.05) is 24.3 Å². The van der Waals surface area contributed by atoms with Gasteiger partial charge in [0.2, 0.25) is 11.0 Å². The molecule has 0 atom stereocenters. The van der Waals surface area contributed by atoms with Gasteiger partial charge in [-0.2, -0.15) is 0 Å². The molecule has 0 saturated carbocycles. The highest BCUT2D eigenvalue weighted by Gasteiger charge is 2.15. The van der Waals surface area contributed by atoms with E-state index >= 15 is 0 Å². The van der Waals surface area contributed by atoms with Crippen LogP contribution in [0.5, 0.6) is 0 Å². The second kappa shape index (κ2) is 6.64. The third-order valence-electron chi connectivity index (χ3n) is 2.76. The molecule has 0 bridgehead atoms. The Hall–Kier alpha value is -1.63. The smallest absolute Gasteiger partial charge is 0.284 e. The minimum atomic E-state index is -0.178. The number of nitrogens with zero attached hydrogens (tertiary/aromatic N) is 2. The van der Waals surface area contributed by atoms with E-state index in [1.54, 1.807) is 24.3 Å². The fourth-order valence-corrected chi connectivity index (χ4v) is 2.69. The first-order valence-corrected chi connectivity index (χ1v) is 8.18. The Balaban J connectivity index is 1.75. The monoisotopic (exact) mass is 394 g/mol. The number of benzene rings is 2. The minimum Gasteiger partial charge on any atom is -0.411 e. The molecule has 0 fully saturated rings. The largest absolute Gasteiger partial charge is 0.411 e. The van der Waals surface area contributed by atoms with Crippen LogP contribution in [-0.2, 0) is 0 Å². The highest BCUT2D eigenvalue weighted by molar-refractivity contribution is 9.10. The number of aromatic nitrogens is 2. The lowest BCUT2D eigenvalue weighted by atomic mass is 10.2. The molecule has 0 amide bonds. The second-order valence-electron chi connectivity index (χ2n) is 4.28. The fraction of sp³-hybridized carbons (Fsp3) is 0. The Morgan fingerprint density at radius 1 is 1.05 bits per heavy atom. The lowest BCUT2D eigenvalue weighted by Gasteiger charge is -1.97. The molecule has 2 aromatic carbocycles. The first-order chi connectivity index (χ1) is 10.6. The SMILES string of the molecule is O=C(Sc1nnc(-c2ccc(Br)cc2)o1)c1ccc(Cl)cc1. The van der Waals surface area contributed by atoms with Crippen molar-refractivity contribution in [3.8, 4) is 11.5 Å². The van der Waals surface area contributed by atoms with Crippen LogP contribution in [0.25, 0.3) is 11.5 Å². The van der Waals surface area contributed by atoms with E-state index in [4.69, 9.17) is 16.0 Å². The first kappa shape index (κ1) is 15.3. The summed E-state index contributed by atoms with van der Waals surface area (Å²) in [5.74, 6) is 0.374. The Kier molecular flexibility index (Phi) is 4.61. The van der Waals surface area contributed by atoms with Gasteiger partial charge in [0.05, 0.1) is 0 Å². The van der Waals surface area contributed by atoms with Crippen LogP contribution in [0.2, 0.25) is 5.02 Å². The molecule has 1 aromatic heterocycles. The van der Waals surface area contributed by atoms with Crippen molar-refractivity contribution in [3.05, 3.63) is 63.6 Å². The van der Waals surface area contributed by atoms with Gasteiger partial charge in [0.15, 0.2) is 0 Å². The minimum absolute atomic E-state index is 0.178. The molecule has 3 rings (SSSR count). The lowest BCUT2D eigenvalue weighted by molar-refractivity contribution is 0.108. The van der Waals surface area contributed by atoms with Crippen molar-refractivity contribution in [1.82, 2.24) is 10.2 Å². The van der Waals surface area contributed by atoms with Crippen LogP contribution in [0.3, 0.4) is 0 Å². The quantitative estimate of drug-likeness (QED) is 0.578. The average molecular weight is 396 g/mol. The average Bonchev–Trinajstić information content (AvgIpc) is 2.97. The van der Waals surface area contributed by atoms with Gasteiger partial charge in [-0.05, 0) is 48.5 Å². The zero-order chi connectivity index (χ0) is 15.5. The number of hydrogen-bond donors (Lipinski definition) is 0. The molecule has 0 unspecified atom stereocenters. The molecule has 0 N–H and O–H groups in total. The molecule has 7 heteroatoms. The molecular weight excluding hydrogens is 388 g/mol. The topological polar surface area (TPSA) is 56.0 Å². The standard InChI is InChI=1S/C15H8BrClN2O2S/c16-11-5-1-9(2-6-11)13-18-19-15(21-13)22-14(20)10-3-7-12(17)8-4-10/h1-8H. The maximum absolute atomic E-state index is 12.1. The van der Waals surface area contributed by atoms with Crippen LogP contribution in [0.4, 0.5) is 0 Å². The molecule has 0 spiro atoms. The molecule has 0 aliphatic carbocycles. The zero-order valence-corrected chi connectivity index (χ0v) is 14.2. The van der Waals surface area contributed by atoms with Crippen molar-refractivity contribution < 1.29 is 9.21 Å². The molecule has 0 aliphatic heterocycles. The highest BCUT2D eigenvalue weighted by atomic mass is 79.9. The summed E-state index contributed by atoms with van der Waals surface area (Å²) in [6, 6.07) is 14.1. The van der Waals surface area contributed by atoms with Crippen molar-refractivity contribution in [2.24, 2.45) is 0 Å². The molecule has 0 radical (unpaired) electrons. The zero-order valence-electron chi connectivity index (χ0n) is 11.0. The van der Waals surface area contributed by atoms with Crippen LogP contribution < -0.4 is 0 Å². The van der Waals surface area contributed by atoms with Crippen molar-refractivity contribution in [3.63, 3.8) is 0 Å². The summed E-state index contributed by atoms with van der Waals surface area (Å²) >= 11 is 10.0. The van der Waals surface area contributed by atoms with Gasteiger partial charge in [0.1, 0.15) is 0 Å². The van der Waals surface area contributed by atoms with Gasteiger partial charge < -0.3 is 4.42 Å². The molecular formula is C15H8BrClN2O2S. The molecule has 110 valence electrons. The van der Waals surface area contributed by atoms with Crippen molar-refractivity contribution in [1.29, 1.82) is 0 Å². The predicted octanol–water partition coefficient (Wildman–Crippen LogP) is 5.09. The lowest BCUT2D eigenvalue weighted by Crippen LogP contribution is -1.92. The van der Waals surface area contributed by atoms with Crippen molar-refractivity contribution in [2.75, 3.05) is 0 Å². The Morgan fingerprint density at radius 3 is 2.41 bits per heavy atom. The summed E-state index contributed by atoms with van der Waals surface area (Å²) < 4.78 is 6.47. The highest BCUT2D eigenvalue weighted by Crippen LogP contribution is 2.26. The first-order valence-electron chi connectivity index (χ1n) is 6.19. The molecule has 1 heterocycles. The number of halogens is 2. The summed E-state index contributed by atoms with van der Waals surface area (Å²) in [7, 11) is 0. The molecule has 0 saturated heterocycles. The third kappa shape index (κ3) is 3.58. The van der Waals surface area contributed by atoms with Gasteiger partial charge in [-0.25, -0.2) is 0 Å². The molecule has 0 aliphatic rings. The number of thioether (sulfide) groups is 1. The van der Waals surface area contributed by atoms with Crippen molar-refractivity contribution >= 4 is 44.4 Å².